The summed E-state index contributed by atoms with van der Waals surface area (Å²) in [7, 11) is 0. The number of fused-ring (bicyclic) bond motifs is 1. The van der Waals surface area contributed by atoms with Gasteiger partial charge in [0.05, 0.1) is 6.54 Å². The molecule has 0 saturated heterocycles. The molecule has 0 unspecified atom stereocenters. The van der Waals surface area contributed by atoms with Crippen molar-refractivity contribution in [3.8, 4) is 11.5 Å². The van der Waals surface area contributed by atoms with Crippen molar-refractivity contribution in [3.63, 3.8) is 0 Å². The number of halogens is 3. The van der Waals surface area contributed by atoms with Crippen molar-refractivity contribution in [2.24, 2.45) is 4.99 Å². The second-order valence-electron chi connectivity index (χ2n) is 5.68. The maximum atomic E-state index is 12.6. The number of guanidine groups is 1. The standard InChI is InChI=1S/C17H19F3N4O2S/c1-2-21-16(23-8-15-24-14(9-27-15)17(18,19)20)22-6-5-11-3-4-12-13(7-11)26-10-25-12/h3-4,7,9H,2,5-6,8,10H2,1H3,(H2,21,22,23). The molecule has 0 saturated carbocycles. The van der Waals surface area contributed by atoms with E-state index in [1.807, 2.05) is 25.1 Å². The molecule has 3 rings (SSSR count). The lowest BCUT2D eigenvalue weighted by atomic mass is 10.1. The molecular weight excluding hydrogens is 381 g/mol. The monoisotopic (exact) mass is 400 g/mol. The van der Waals surface area contributed by atoms with E-state index in [-0.39, 0.29) is 13.3 Å². The first-order valence-electron chi connectivity index (χ1n) is 8.38. The number of nitrogens with one attached hydrogen (secondary N) is 2. The summed E-state index contributed by atoms with van der Waals surface area (Å²) in [4.78, 5) is 7.88. The molecule has 1 aromatic carbocycles. The van der Waals surface area contributed by atoms with E-state index in [0.717, 1.165) is 40.2 Å². The van der Waals surface area contributed by atoms with E-state index < -0.39 is 11.9 Å². The Balaban J connectivity index is 1.54. The normalized spacial score (nSPS) is 13.7. The number of ether oxygens (including phenoxy) is 2. The molecule has 0 bridgehead atoms. The highest BCUT2D eigenvalue weighted by atomic mass is 32.1. The zero-order valence-corrected chi connectivity index (χ0v) is 15.4. The molecule has 6 nitrogen and oxygen atoms in total. The SMILES string of the molecule is CCNC(=NCc1nc(C(F)(F)F)cs1)NCCc1ccc2c(c1)OCO2. The minimum absolute atomic E-state index is 0.0834. The highest BCUT2D eigenvalue weighted by Crippen LogP contribution is 2.32. The number of aromatic nitrogens is 1. The number of aliphatic imine (C=N–C) groups is 1. The zero-order chi connectivity index (χ0) is 19.3. The molecule has 27 heavy (non-hydrogen) atoms. The molecule has 10 heteroatoms. The highest BCUT2D eigenvalue weighted by molar-refractivity contribution is 7.09. The zero-order valence-electron chi connectivity index (χ0n) is 14.6. The van der Waals surface area contributed by atoms with E-state index in [0.29, 0.717) is 24.1 Å². The van der Waals surface area contributed by atoms with Crippen LogP contribution in [0.2, 0.25) is 0 Å². The van der Waals surface area contributed by atoms with Crippen LogP contribution in [0.1, 0.15) is 23.2 Å². The van der Waals surface area contributed by atoms with Crippen molar-refractivity contribution in [2.45, 2.75) is 26.1 Å². The van der Waals surface area contributed by atoms with Crippen molar-refractivity contribution in [1.29, 1.82) is 0 Å². The lowest BCUT2D eigenvalue weighted by molar-refractivity contribution is -0.140. The van der Waals surface area contributed by atoms with E-state index in [9.17, 15) is 13.2 Å². The molecule has 1 aliphatic rings. The first kappa shape index (κ1) is 19.3. The fourth-order valence-electron chi connectivity index (χ4n) is 2.42. The molecule has 146 valence electrons. The van der Waals surface area contributed by atoms with Crippen LogP contribution in [0.3, 0.4) is 0 Å². The van der Waals surface area contributed by atoms with Gasteiger partial charge in [-0.05, 0) is 31.0 Å². The van der Waals surface area contributed by atoms with Crippen LogP contribution in [0.15, 0.2) is 28.6 Å². The Morgan fingerprint density at radius 3 is 2.81 bits per heavy atom. The van der Waals surface area contributed by atoms with Gasteiger partial charge in [0.25, 0.3) is 0 Å². The van der Waals surface area contributed by atoms with E-state index in [2.05, 4.69) is 20.6 Å². The molecule has 2 heterocycles. The minimum Gasteiger partial charge on any atom is -0.454 e. The van der Waals surface area contributed by atoms with E-state index in [1.54, 1.807) is 0 Å². The van der Waals surface area contributed by atoms with Gasteiger partial charge in [-0.2, -0.15) is 13.2 Å². The first-order chi connectivity index (χ1) is 13.0. The summed E-state index contributed by atoms with van der Waals surface area (Å²) in [5, 5.41) is 7.55. The molecule has 1 aromatic heterocycles. The molecule has 0 atom stereocenters. The average Bonchev–Trinajstić information content (AvgIpc) is 3.28. The molecule has 0 aliphatic carbocycles. The van der Waals surface area contributed by atoms with Gasteiger partial charge in [-0.3, -0.25) is 0 Å². The summed E-state index contributed by atoms with van der Waals surface area (Å²) in [5.41, 5.74) is 0.204. The van der Waals surface area contributed by atoms with Gasteiger partial charge < -0.3 is 20.1 Å². The minimum atomic E-state index is -4.42. The number of nitrogens with zero attached hydrogens (tertiary/aromatic N) is 2. The summed E-state index contributed by atoms with van der Waals surface area (Å²) in [6.45, 7) is 3.49. The third-order valence-corrected chi connectivity index (χ3v) is 4.54. The first-order valence-corrected chi connectivity index (χ1v) is 9.26. The lowest BCUT2D eigenvalue weighted by Crippen LogP contribution is -2.38. The van der Waals surface area contributed by atoms with Gasteiger partial charge in [-0.15, -0.1) is 11.3 Å². The van der Waals surface area contributed by atoms with Crippen molar-refractivity contribution in [3.05, 3.63) is 39.8 Å². The smallest absolute Gasteiger partial charge is 0.434 e. The Morgan fingerprint density at radius 2 is 2.07 bits per heavy atom. The maximum absolute atomic E-state index is 12.6. The largest absolute Gasteiger partial charge is 0.454 e. The molecule has 2 aromatic rings. The number of benzene rings is 1. The quantitative estimate of drug-likeness (QED) is 0.576. The molecule has 1 aliphatic heterocycles. The Bertz CT molecular complexity index is 808. The van der Waals surface area contributed by atoms with E-state index in [1.165, 1.54) is 0 Å². The van der Waals surface area contributed by atoms with Crippen LogP contribution < -0.4 is 20.1 Å². The third-order valence-electron chi connectivity index (χ3n) is 3.70. The Labute approximate surface area is 158 Å². The Hall–Kier alpha value is -2.49. The van der Waals surface area contributed by atoms with Crippen LogP contribution in [-0.4, -0.2) is 30.8 Å². The number of hydrogen-bond donors (Lipinski definition) is 2. The van der Waals surface area contributed by atoms with Crippen LogP contribution in [0, 0.1) is 0 Å². The third kappa shape index (κ3) is 5.25. The maximum Gasteiger partial charge on any atom is 0.434 e. The van der Waals surface area contributed by atoms with E-state index >= 15 is 0 Å². The van der Waals surface area contributed by atoms with Gasteiger partial charge in [0.2, 0.25) is 6.79 Å². The Morgan fingerprint density at radius 1 is 1.26 bits per heavy atom. The van der Waals surface area contributed by atoms with Gasteiger partial charge >= 0.3 is 6.18 Å². The summed E-state index contributed by atoms with van der Waals surface area (Å²) in [5.74, 6) is 2.00. The second kappa shape index (κ2) is 8.47. The Kier molecular flexibility index (Phi) is 6.04. The van der Waals surface area contributed by atoms with Crippen LogP contribution in [0.4, 0.5) is 13.2 Å². The van der Waals surface area contributed by atoms with Crippen LogP contribution >= 0.6 is 11.3 Å². The summed E-state index contributed by atoms with van der Waals surface area (Å²) < 4.78 is 48.4. The number of rotatable bonds is 6. The van der Waals surface area contributed by atoms with E-state index in [4.69, 9.17) is 9.47 Å². The fraction of sp³-hybridized carbons (Fsp3) is 0.412. The predicted octanol–water partition coefficient (Wildman–Crippen LogP) is 3.19. The average molecular weight is 400 g/mol. The van der Waals surface area contributed by atoms with Crippen LogP contribution in [-0.2, 0) is 19.1 Å². The number of alkyl halides is 3. The highest BCUT2D eigenvalue weighted by Gasteiger charge is 2.33. The summed E-state index contributed by atoms with van der Waals surface area (Å²) >= 11 is 0.949. The number of hydrogen-bond acceptors (Lipinski definition) is 5. The molecular formula is C17H19F3N4O2S. The van der Waals surface area contributed by atoms with Gasteiger partial charge in [0.1, 0.15) is 5.01 Å². The van der Waals surface area contributed by atoms with Crippen LogP contribution in [0.5, 0.6) is 11.5 Å². The van der Waals surface area contributed by atoms with Crippen molar-refractivity contribution >= 4 is 17.3 Å². The molecule has 0 amide bonds. The second-order valence-corrected chi connectivity index (χ2v) is 6.63. The predicted molar refractivity (Wildman–Crippen MR) is 96.2 cm³/mol. The fourth-order valence-corrected chi connectivity index (χ4v) is 3.15. The summed E-state index contributed by atoms with van der Waals surface area (Å²) in [6.07, 6.45) is -3.69. The molecule has 0 radical (unpaired) electrons. The summed E-state index contributed by atoms with van der Waals surface area (Å²) in [6, 6.07) is 5.77. The number of thiazole rings is 1. The van der Waals surface area contributed by atoms with Crippen molar-refractivity contribution in [2.75, 3.05) is 19.9 Å². The van der Waals surface area contributed by atoms with Crippen LogP contribution in [0.25, 0.3) is 0 Å². The van der Waals surface area contributed by atoms with Gasteiger partial charge in [-0.1, -0.05) is 6.07 Å². The van der Waals surface area contributed by atoms with Crippen molar-refractivity contribution in [1.82, 2.24) is 15.6 Å². The molecule has 0 spiro atoms. The lowest BCUT2D eigenvalue weighted by Gasteiger charge is -2.11. The van der Waals surface area contributed by atoms with Gasteiger partial charge in [-0.25, -0.2) is 9.98 Å². The van der Waals surface area contributed by atoms with Gasteiger partial charge in [0, 0.05) is 18.5 Å². The molecule has 0 fully saturated rings. The van der Waals surface area contributed by atoms with Gasteiger partial charge in [0.15, 0.2) is 23.2 Å². The topological polar surface area (TPSA) is 67.8 Å². The molecule has 2 N–H and O–H groups in total. The van der Waals surface area contributed by atoms with Crippen molar-refractivity contribution < 1.29 is 22.6 Å².